The summed E-state index contributed by atoms with van der Waals surface area (Å²) in [6, 6.07) is 50.0. The molecule has 0 bridgehead atoms. The molecule has 0 spiro atoms. The van der Waals surface area contributed by atoms with Crippen LogP contribution in [-0.2, 0) is 6.42 Å². The molecule has 0 saturated carbocycles. The summed E-state index contributed by atoms with van der Waals surface area (Å²) in [4.78, 5) is 20.0. The Labute approximate surface area is 308 Å². The molecule has 0 amide bonds. The first-order chi connectivity index (χ1) is 26.0. The van der Waals surface area contributed by atoms with Gasteiger partial charge in [-0.05, 0) is 84.0 Å². The van der Waals surface area contributed by atoms with Gasteiger partial charge in [0.25, 0.3) is 0 Å². The van der Waals surface area contributed by atoms with Crippen LogP contribution in [0, 0.1) is 20.8 Å². The number of rotatable bonds is 7. The Bertz CT molecular complexity index is 2730. The van der Waals surface area contributed by atoms with Crippen LogP contribution in [0.2, 0.25) is 0 Å². The molecule has 3 heterocycles. The molecule has 0 aliphatic heterocycles. The van der Waals surface area contributed by atoms with Gasteiger partial charge >= 0.3 is 0 Å². The Morgan fingerprint density at radius 2 is 1.15 bits per heavy atom. The Balaban J connectivity index is 1.16. The van der Waals surface area contributed by atoms with Crippen LogP contribution in [0.4, 0.5) is 0 Å². The Kier molecular flexibility index (Phi) is 8.17. The van der Waals surface area contributed by atoms with Gasteiger partial charge in [-0.15, -0.1) is 0 Å². The number of nitrogens with zero attached hydrogens (tertiary/aromatic N) is 4. The molecule has 6 aromatic carbocycles. The van der Waals surface area contributed by atoms with Gasteiger partial charge in [0.05, 0.1) is 5.69 Å². The molecule has 0 unspecified atom stereocenters. The van der Waals surface area contributed by atoms with E-state index in [1.807, 2.05) is 85.1 Å². The minimum atomic E-state index is 0.600. The van der Waals surface area contributed by atoms with Crippen LogP contribution < -0.4 is 0 Å². The third-order valence-electron chi connectivity index (χ3n) is 10.1. The molecule has 9 aromatic rings. The van der Waals surface area contributed by atoms with Gasteiger partial charge in [-0.3, -0.25) is 4.98 Å². The SMILES string of the molecule is Cc1ccccc1-c1ccc(C)c(-c2cccnc2Cc2ccc3oc4cccc(-c5nc(-c6ccccc6)nc(-c6ccccc6)n5)c4c3c2)c1C. The number of hydrogen-bond donors (Lipinski definition) is 0. The smallest absolute Gasteiger partial charge is 0.164 e. The van der Waals surface area contributed by atoms with Gasteiger partial charge in [-0.25, -0.2) is 15.0 Å². The van der Waals surface area contributed by atoms with Crippen LogP contribution in [0.25, 0.3) is 78.4 Å². The first-order valence-electron chi connectivity index (χ1n) is 17.9. The monoisotopic (exact) mass is 684 g/mol. The predicted molar refractivity (Wildman–Crippen MR) is 216 cm³/mol. The van der Waals surface area contributed by atoms with Crippen LogP contribution in [-0.4, -0.2) is 19.9 Å². The number of aromatic nitrogens is 4. The lowest BCUT2D eigenvalue weighted by Crippen LogP contribution is -2.00. The summed E-state index contributed by atoms with van der Waals surface area (Å²) < 4.78 is 6.45. The summed E-state index contributed by atoms with van der Waals surface area (Å²) in [6.07, 6.45) is 2.56. The topological polar surface area (TPSA) is 64.7 Å². The number of pyridine rings is 1. The summed E-state index contributed by atoms with van der Waals surface area (Å²) in [5.41, 5.74) is 15.2. The number of hydrogen-bond acceptors (Lipinski definition) is 5. The van der Waals surface area contributed by atoms with E-state index in [0.717, 1.165) is 55.4 Å². The van der Waals surface area contributed by atoms with Crippen molar-refractivity contribution in [3.63, 3.8) is 0 Å². The predicted octanol–water partition coefficient (Wildman–Crippen LogP) is 12.0. The Morgan fingerprint density at radius 3 is 1.89 bits per heavy atom. The lowest BCUT2D eigenvalue weighted by atomic mass is 9.87. The zero-order chi connectivity index (χ0) is 35.9. The molecule has 0 aliphatic rings. The largest absolute Gasteiger partial charge is 0.456 e. The molecule has 0 fully saturated rings. The lowest BCUT2D eigenvalue weighted by Gasteiger charge is -2.18. The van der Waals surface area contributed by atoms with Gasteiger partial charge in [0.2, 0.25) is 0 Å². The van der Waals surface area contributed by atoms with Crippen molar-refractivity contribution in [1.82, 2.24) is 19.9 Å². The van der Waals surface area contributed by atoms with Gasteiger partial charge < -0.3 is 4.42 Å². The summed E-state index contributed by atoms with van der Waals surface area (Å²) in [6.45, 7) is 6.61. The maximum Gasteiger partial charge on any atom is 0.164 e. The molecule has 0 aliphatic carbocycles. The van der Waals surface area contributed by atoms with Gasteiger partial charge in [-0.2, -0.15) is 0 Å². The average molecular weight is 685 g/mol. The zero-order valence-electron chi connectivity index (χ0n) is 29.8. The highest BCUT2D eigenvalue weighted by Gasteiger charge is 2.20. The van der Waals surface area contributed by atoms with Gasteiger partial charge in [0.1, 0.15) is 11.2 Å². The Hall–Kier alpha value is -6.72. The number of fused-ring (bicyclic) bond motifs is 3. The highest BCUT2D eigenvalue weighted by molar-refractivity contribution is 6.12. The molecule has 0 saturated heterocycles. The van der Waals surface area contributed by atoms with Crippen molar-refractivity contribution in [2.45, 2.75) is 27.2 Å². The van der Waals surface area contributed by atoms with Crippen molar-refractivity contribution in [1.29, 1.82) is 0 Å². The molecule has 0 radical (unpaired) electrons. The second kappa shape index (κ2) is 13.4. The van der Waals surface area contributed by atoms with Crippen LogP contribution in [0.1, 0.15) is 27.9 Å². The normalized spacial score (nSPS) is 11.4. The van der Waals surface area contributed by atoms with Crippen molar-refractivity contribution in [2.24, 2.45) is 0 Å². The third-order valence-corrected chi connectivity index (χ3v) is 10.1. The van der Waals surface area contributed by atoms with Crippen LogP contribution in [0.5, 0.6) is 0 Å². The van der Waals surface area contributed by atoms with E-state index in [-0.39, 0.29) is 0 Å². The van der Waals surface area contributed by atoms with Crippen LogP contribution in [0.3, 0.4) is 0 Å². The van der Waals surface area contributed by atoms with Gasteiger partial charge in [0.15, 0.2) is 17.5 Å². The second-order valence-corrected chi connectivity index (χ2v) is 13.6. The molecule has 0 atom stereocenters. The minimum absolute atomic E-state index is 0.600. The van der Waals surface area contributed by atoms with Crippen molar-refractivity contribution in [2.75, 3.05) is 0 Å². The first-order valence-corrected chi connectivity index (χ1v) is 17.9. The molecule has 5 heteroatoms. The van der Waals surface area contributed by atoms with Gasteiger partial charge in [0, 0.05) is 45.6 Å². The van der Waals surface area contributed by atoms with E-state index in [4.69, 9.17) is 24.4 Å². The summed E-state index contributed by atoms with van der Waals surface area (Å²) in [7, 11) is 0. The Morgan fingerprint density at radius 1 is 0.491 bits per heavy atom. The van der Waals surface area contributed by atoms with Crippen molar-refractivity contribution in [3.8, 4) is 56.4 Å². The lowest BCUT2D eigenvalue weighted by molar-refractivity contribution is 0.669. The fourth-order valence-corrected chi connectivity index (χ4v) is 7.53. The highest BCUT2D eigenvalue weighted by Crippen LogP contribution is 2.39. The maximum absolute atomic E-state index is 6.45. The van der Waals surface area contributed by atoms with E-state index in [1.54, 1.807) is 0 Å². The van der Waals surface area contributed by atoms with Crippen LogP contribution in [0.15, 0.2) is 156 Å². The number of aryl methyl sites for hydroxylation is 2. The van der Waals surface area contributed by atoms with E-state index in [0.29, 0.717) is 23.9 Å². The summed E-state index contributed by atoms with van der Waals surface area (Å²) in [5, 5.41) is 2.00. The average Bonchev–Trinajstić information content (AvgIpc) is 3.58. The quantitative estimate of drug-likeness (QED) is 0.167. The second-order valence-electron chi connectivity index (χ2n) is 13.6. The van der Waals surface area contributed by atoms with E-state index >= 15 is 0 Å². The maximum atomic E-state index is 6.45. The zero-order valence-corrected chi connectivity index (χ0v) is 29.8. The van der Waals surface area contributed by atoms with Crippen molar-refractivity contribution >= 4 is 21.9 Å². The molecule has 5 nitrogen and oxygen atoms in total. The fourth-order valence-electron chi connectivity index (χ4n) is 7.53. The first kappa shape index (κ1) is 32.2. The number of furan rings is 1. The van der Waals surface area contributed by atoms with Crippen molar-refractivity contribution < 1.29 is 4.42 Å². The number of benzene rings is 6. The summed E-state index contributed by atoms with van der Waals surface area (Å²) >= 11 is 0. The van der Waals surface area contributed by atoms with E-state index < -0.39 is 0 Å². The fraction of sp³-hybridized carbons (Fsp3) is 0.0833. The van der Waals surface area contributed by atoms with Gasteiger partial charge in [-0.1, -0.05) is 121 Å². The van der Waals surface area contributed by atoms with E-state index in [9.17, 15) is 0 Å². The highest BCUT2D eigenvalue weighted by atomic mass is 16.3. The summed E-state index contributed by atoms with van der Waals surface area (Å²) in [5.74, 6) is 1.85. The van der Waals surface area contributed by atoms with Crippen molar-refractivity contribution in [3.05, 3.63) is 180 Å². The third kappa shape index (κ3) is 5.96. The van der Waals surface area contributed by atoms with Crippen LogP contribution >= 0.6 is 0 Å². The molecular weight excluding hydrogens is 649 g/mol. The van der Waals surface area contributed by atoms with E-state index in [2.05, 4.69) is 87.5 Å². The minimum Gasteiger partial charge on any atom is -0.456 e. The molecule has 0 N–H and O–H groups in total. The molecule has 254 valence electrons. The molecule has 3 aromatic heterocycles. The molecule has 9 rings (SSSR count). The van der Waals surface area contributed by atoms with E-state index in [1.165, 1.54) is 33.4 Å². The molecule has 53 heavy (non-hydrogen) atoms. The molecular formula is C48H36N4O. The standard InChI is InChI=1S/C48H36N4O/c1-30-14-10-11-19-36(30)37-25-23-31(2)44(32(37)3)38-21-13-27-49-41(38)29-33-24-26-42-40(28-33)45-39(20-12-22-43(45)53-42)48-51-46(34-15-6-4-7-16-34)50-47(52-48)35-17-8-5-9-18-35/h4-28H,29H2,1-3H3.